The molecule has 2 aromatic carbocycles. The van der Waals surface area contributed by atoms with Gasteiger partial charge in [-0.15, -0.1) is 0 Å². The van der Waals surface area contributed by atoms with Crippen LogP contribution in [0.4, 0.5) is 5.69 Å². The van der Waals surface area contributed by atoms with E-state index < -0.39 is 27.2 Å². The number of rotatable bonds is 9. The van der Waals surface area contributed by atoms with Gasteiger partial charge < -0.3 is 24.9 Å². The summed E-state index contributed by atoms with van der Waals surface area (Å²) in [5.74, 6) is -0.424. The lowest BCUT2D eigenvalue weighted by Crippen LogP contribution is -2.43. The summed E-state index contributed by atoms with van der Waals surface area (Å²) >= 11 is 0. The number of benzene rings is 2. The van der Waals surface area contributed by atoms with Gasteiger partial charge in [0.2, 0.25) is 10.0 Å². The third kappa shape index (κ3) is 7.93. The molecule has 4 N–H and O–H groups in total. The van der Waals surface area contributed by atoms with Crippen LogP contribution in [0.5, 0.6) is 0 Å². The predicted molar refractivity (Wildman–Crippen MR) is 155 cm³/mol. The number of esters is 1. The third-order valence-electron chi connectivity index (χ3n) is 6.09. The van der Waals surface area contributed by atoms with E-state index in [2.05, 4.69) is 4.98 Å². The molecule has 2 unspecified atom stereocenters. The zero-order valence-corrected chi connectivity index (χ0v) is 24.9. The molecule has 0 saturated carbocycles. The maximum Gasteiger partial charge on any atom is 0.348 e. The van der Waals surface area contributed by atoms with Crippen LogP contribution in [-0.4, -0.2) is 50.6 Å². The van der Waals surface area contributed by atoms with Crippen molar-refractivity contribution in [3.63, 3.8) is 0 Å². The van der Waals surface area contributed by atoms with Crippen molar-refractivity contribution in [2.75, 3.05) is 37.1 Å². The average Bonchev–Trinajstić information content (AvgIpc) is 2.86. The Balaban J connectivity index is 0.000000294. The number of aromatic nitrogens is 2. The lowest BCUT2D eigenvalue weighted by atomic mass is 9.99. The number of sulfonamides is 1. The van der Waals surface area contributed by atoms with Gasteiger partial charge in [-0.2, -0.15) is 4.68 Å². The van der Waals surface area contributed by atoms with E-state index >= 15 is 0 Å². The zero-order valence-electron chi connectivity index (χ0n) is 24.1. The molecule has 3 aromatic rings. The van der Waals surface area contributed by atoms with Crippen LogP contribution >= 0.6 is 0 Å². The first-order chi connectivity index (χ1) is 18.6. The normalized spacial score (nSPS) is 12.8. The molecule has 0 aliphatic rings. The Labute approximate surface area is 233 Å². The molecule has 13 heteroatoms. The van der Waals surface area contributed by atoms with E-state index in [0.29, 0.717) is 34.7 Å². The highest BCUT2D eigenvalue weighted by Gasteiger charge is 2.17. The van der Waals surface area contributed by atoms with Crippen LogP contribution in [0, 0.1) is 13.8 Å². The van der Waals surface area contributed by atoms with Crippen LogP contribution in [0.3, 0.4) is 0 Å². The number of methoxy groups -OCH3 is 1. The summed E-state index contributed by atoms with van der Waals surface area (Å²) in [5, 5.41) is 0.202. The summed E-state index contributed by atoms with van der Waals surface area (Å²) in [6.45, 7) is 12.5. The van der Waals surface area contributed by atoms with Crippen molar-refractivity contribution in [3.05, 3.63) is 72.9 Å². The molecule has 0 aliphatic carbocycles. The molecule has 220 valence electrons. The summed E-state index contributed by atoms with van der Waals surface area (Å²) in [6, 6.07) is 6.81. The number of ether oxygens (including phenoxy) is 3. The molecule has 0 bridgehead atoms. The summed E-state index contributed by atoms with van der Waals surface area (Å²) in [4.78, 5) is 40.3. The van der Waals surface area contributed by atoms with Gasteiger partial charge in [-0.3, -0.25) is 4.79 Å². The number of fused-ring (bicyclic) bond motifs is 1. The van der Waals surface area contributed by atoms with Crippen molar-refractivity contribution < 1.29 is 27.4 Å². The summed E-state index contributed by atoms with van der Waals surface area (Å²) in [7, 11) is -2.43. The Kier molecular flexibility index (Phi) is 11.1. The van der Waals surface area contributed by atoms with Crippen molar-refractivity contribution in [2.24, 2.45) is 0 Å². The monoisotopic (exact) mass is 578 g/mol. The molecule has 12 nitrogen and oxygen atoms in total. The van der Waals surface area contributed by atoms with Gasteiger partial charge >= 0.3 is 11.7 Å². The number of nitrogens with two attached hydrogens (primary N) is 1. The second kappa shape index (κ2) is 13.6. The van der Waals surface area contributed by atoms with Crippen LogP contribution < -0.4 is 21.8 Å². The quantitative estimate of drug-likeness (QED) is 0.255. The maximum atomic E-state index is 12.4. The van der Waals surface area contributed by atoms with E-state index in [4.69, 9.17) is 19.9 Å². The first kappa shape index (κ1) is 32.5. The van der Waals surface area contributed by atoms with Crippen LogP contribution in [0.1, 0.15) is 72.5 Å². The number of carbonyl (C=O) groups is 1. The molecule has 0 fully saturated rings. The molecule has 0 spiro atoms. The van der Waals surface area contributed by atoms with Gasteiger partial charge in [0.15, 0.2) is 0 Å². The molecule has 1 heterocycles. The van der Waals surface area contributed by atoms with Crippen LogP contribution in [0.25, 0.3) is 10.9 Å². The van der Waals surface area contributed by atoms with Gasteiger partial charge in [0.05, 0.1) is 42.0 Å². The number of hydrogen-bond donors (Lipinski definition) is 3. The van der Waals surface area contributed by atoms with E-state index in [9.17, 15) is 22.8 Å². The number of hydrogen-bond acceptors (Lipinski definition) is 9. The van der Waals surface area contributed by atoms with E-state index in [0.717, 1.165) is 28.5 Å². The summed E-state index contributed by atoms with van der Waals surface area (Å²) < 4.78 is 38.8. The summed E-state index contributed by atoms with van der Waals surface area (Å²) in [6.07, 6.45) is 0.567. The lowest BCUT2D eigenvalue weighted by molar-refractivity contribution is 0.0599. The highest BCUT2D eigenvalue weighted by atomic mass is 32.2. The average molecular weight is 579 g/mol. The van der Waals surface area contributed by atoms with E-state index in [1.165, 1.54) is 7.11 Å². The second-order valence-corrected chi connectivity index (χ2v) is 10.9. The molecule has 2 atom stereocenters. The van der Waals surface area contributed by atoms with Crippen molar-refractivity contribution in [1.29, 1.82) is 0 Å². The Hall–Kier alpha value is -3.68. The van der Waals surface area contributed by atoms with E-state index in [1.807, 2.05) is 46.4 Å². The number of aromatic amines is 1. The molecule has 3 rings (SSSR count). The molecule has 40 heavy (non-hydrogen) atoms. The van der Waals surface area contributed by atoms with Crippen molar-refractivity contribution in [2.45, 2.75) is 53.8 Å². The minimum absolute atomic E-state index is 0.0657. The van der Waals surface area contributed by atoms with Crippen molar-refractivity contribution in [3.8, 4) is 0 Å². The van der Waals surface area contributed by atoms with Gasteiger partial charge in [0.25, 0.3) is 5.56 Å². The van der Waals surface area contributed by atoms with Crippen LogP contribution in [0.2, 0.25) is 0 Å². The number of carbonyl (C=O) groups excluding carboxylic acids is 1. The highest BCUT2D eigenvalue weighted by Crippen LogP contribution is 2.26. The number of H-pyrrole nitrogens is 1. The van der Waals surface area contributed by atoms with E-state index in [1.54, 1.807) is 24.3 Å². The molecule has 0 aliphatic heterocycles. The predicted octanol–water partition coefficient (Wildman–Crippen LogP) is 3.06. The third-order valence-corrected chi connectivity index (χ3v) is 6.61. The fraction of sp³-hybridized carbons (Fsp3) is 0.444. The van der Waals surface area contributed by atoms with Gasteiger partial charge in [0, 0.05) is 18.9 Å². The van der Waals surface area contributed by atoms with Gasteiger partial charge in [-0.1, -0.05) is 0 Å². The Bertz CT molecular complexity index is 1590. The van der Waals surface area contributed by atoms with Crippen LogP contribution in [-0.2, 0) is 24.2 Å². The number of nitrogens with zero attached hydrogens (tertiary/aromatic N) is 1. The highest BCUT2D eigenvalue weighted by molar-refractivity contribution is 7.91. The maximum absolute atomic E-state index is 12.4. The molecule has 1 aromatic heterocycles. The molecule has 0 radical (unpaired) electrons. The molecular weight excluding hydrogens is 540 g/mol. The van der Waals surface area contributed by atoms with Gasteiger partial charge in [-0.25, -0.2) is 22.8 Å². The van der Waals surface area contributed by atoms with Gasteiger partial charge in [-0.05, 0) is 88.1 Å². The Morgan fingerprint density at radius 2 is 1.52 bits per heavy atom. The minimum Gasteiger partial charge on any atom is -0.465 e. The Morgan fingerprint density at radius 1 is 1.00 bits per heavy atom. The Morgan fingerprint density at radius 3 is 2.02 bits per heavy atom. The smallest absolute Gasteiger partial charge is 0.348 e. The standard InChI is InChI=1S/C14H19N3O5S.C13H19NO3/c1-5-22-9(3)10-7-11-12(6-8(10)2)15-14(19)17(13(11)18)16-23(4,20)21;1-5-17-9(3)10-7-11(13(15)16-4)12(14)6-8(10)2/h6-7,9,16H,5H2,1-4H3,(H,15,19);6-7,9H,5,14H2,1-4H3. The number of aryl methyl sites for hydroxylation is 2. The zero-order chi connectivity index (χ0) is 30.4. The lowest BCUT2D eigenvalue weighted by Gasteiger charge is -2.17. The molecular formula is C27H38N4O8S. The SMILES string of the molecule is CCOC(C)c1cc(C(=O)OC)c(N)cc1C.CCOC(C)c1cc2c(=O)n(NS(C)(=O)=O)c(=O)[nH]c2cc1C. The minimum atomic E-state index is -3.77. The first-order valence-corrected chi connectivity index (χ1v) is 14.5. The van der Waals surface area contributed by atoms with E-state index in [-0.39, 0.29) is 17.6 Å². The second-order valence-electron chi connectivity index (χ2n) is 9.17. The summed E-state index contributed by atoms with van der Waals surface area (Å²) in [5.41, 5.74) is 9.01. The van der Waals surface area contributed by atoms with Crippen molar-refractivity contribution >= 4 is 32.6 Å². The fourth-order valence-corrected chi connectivity index (χ4v) is 4.72. The number of anilines is 1. The first-order valence-electron chi connectivity index (χ1n) is 12.6. The molecule has 0 amide bonds. The van der Waals surface area contributed by atoms with Gasteiger partial charge in [0.1, 0.15) is 0 Å². The van der Waals surface area contributed by atoms with Crippen LogP contribution in [0.15, 0.2) is 33.9 Å². The fourth-order valence-electron chi connectivity index (χ4n) is 4.23. The topological polar surface area (TPSA) is 172 Å². The van der Waals surface area contributed by atoms with Crippen molar-refractivity contribution in [1.82, 2.24) is 9.66 Å². The molecule has 0 saturated heterocycles. The number of nitrogens with one attached hydrogen (secondary N) is 2. The largest absolute Gasteiger partial charge is 0.465 e. The number of nitrogen functional groups attached to an aromatic ring is 1.